The largest absolute Gasteiger partial charge is 0.496 e. The number of ether oxygens (including phenoxy) is 7. The van der Waals surface area contributed by atoms with E-state index in [4.69, 9.17) is 33.2 Å². The van der Waals surface area contributed by atoms with E-state index in [0.717, 1.165) is 41.2 Å². The van der Waals surface area contributed by atoms with E-state index in [2.05, 4.69) is 0 Å². The number of rotatable bonds is 6. The van der Waals surface area contributed by atoms with E-state index in [1.54, 1.807) is 14.2 Å². The average Bonchev–Trinajstić information content (AvgIpc) is 3.93. The van der Waals surface area contributed by atoms with Gasteiger partial charge in [-0.25, -0.2) is 9.59 Å². The molecule has 9 rings (SSSR count). The minimum absolute atomic E-state index is 0.0314. The molecule has 248 valence electrons. The van der Waals surface area contributed by atoms with E-state index in [9.17, 15) is 19.2 Å². The summed E-state index contributed by atoms with van der Waals surface area (Å²) in [5.41, 5.74) is -6.13. The third-order valence-electron chi connectivity index (χ3n) is 14.1. The van der Waals surface area contributed by atoms with Gasteiger partial charge >= 0.3 is 23.9 Å². The van der Waals surface area contributed by atoms with Crippen molar-refractivity contribution >= 4 is 34.6 Å². The maximum absolute atomic E-state index is 14.8. The summed E-state index contributed by atoms with van der Waals surface area (Å²) in [5, 5.41) is 1.69. The van der Waals surface area contributed by atoms with Gasteiger partial charge in [0.25, 0.3) is 0 Å². The van der Waals surface area contributed by atoms with Crippen LogP contribution in [0.4, 0.5) is 0 Å². The van der Waals surface area contributed by atoms with Crippen molar-refractivity contribution in [3.8, 4) is 11.5 Å². The summed E-state index contributed by atoms with van der Waals surface area (Å²) >= 11 is 0. The standard InChI is InChI=1S/C36H38O11/c1-41-27-17-9-7-8-10-18(17)28(42-2)22-20-14-19(21(22)27)25-26(20)36(32(40)46-6)34(30(38)44-4)24-16-12-11-15(13-16)23(24)33(34,29(37)43-3)35(25,47-36)31(39)45-5/h7-10,15-16,19-20,23-26H,11-14H2,1-6H3/t15-,16+,19+,20-,23+,24-,25+,26-,33+,34-,35-,36+. The van der Waals surface area contributed by atoms with Gasteiger partial charge in [-0.2, -0.15) is 0 Å². The lowest BCUT2D eigenvalue weighted by atomic mass is 9.24. The van der Waals surface area contributed by atoms with Crippen LogP contribution in [-0.4, -0.2) is 77.7 Å². The van der Waals surface area contributed by atoms with Crippen LogP contribution >= 0.6 is 0 Å². The molecule has 11 heteroatoms. The van der Waals surface area contributed by atoms with Crippen LogP contribution in [0.2, 0.25) is 0 Å². The lowest BCUT2D eigenvalue weighted by Gasteiger charge is -2.72. The Labute approximate surface area is 271 Å². The number of hydrogen-bond donors (Lipinski definition) is 0. The zero-order valence-corrected chi connectivity index (χ0v) is 27.2. The predicted molar refractivity (Wildman–Crippen MR) is 161 cm³/mol. The maximum Gasteiger partial charge on any atom is 0.339 e. The predicted octanol–water partition coefficient (Wildman–Crippen LogP) is 3.54. The van der Waals surface area contributed by atoms with Crippen molar-refractivity contribution in [3.63, 3.8) is 0 Å². The third kappa shape index (κ3) is 2.49. The fourth-order valence-corrected chi connectivity index (χ4v) is 13.6. The Hall–Kier alpha value is -3.86. The van der Waals surface area contributed by atoms with Crippen LogP contribution in [0.3, 0.4) is 0 Å². The van der Waals surface area contributed by atoms with Gasteiger partial charge in [-0.3, -0.25) is 9.59 Å². The SMILES string of the molecule is COC(=O)[C@]12[C@@H]3[C@H]4CC[C@H](C4)[C@@H]3[C@@]1(C(=O)OC)[C@@]1(C(=O)OC)O[C@]2(C(=O)OC)[C@H]2[C@@H]1[C@H]1C[C@@H]2c2c1c(OC)c1ccccc1c2OC. The molecule has 2 aromatic rings. The monoisotopic (exact) mass is 646 g/mol. The number of carbonyl (C=O) groups excluding carboxylic acids is 4. The summed E-state index contributed by atoms with van der Waals surface area (Å²) in [6, 6.07) is 7.79. The Morgan fingerprint density at radius 2 is 1.00 bits per heavy atom. The number of fused-ring (bicyclic) bond motifs is 23. The first-order chi connectivity index (χ1) is 22.7. The molecule has 2 saturated heterocycles. The molecule has 47 heavy (non-hydrogen) atoms. The molecule has 7 aliphatic rings. The van der Waals surface area contributed by atoms with Crippen LogP contribution in [0.1, 0.15) is 48.6 Å². The molecule has 12 atom stereocenters. The topological polar surface area (TPSA) is 133 Å². The molecule has 4 saturated carbocycles. The zero-order valence-electron chi connectivity index (χ0n) is 27.2. The Morgan fingerprint density at radius 1 is 0.596 bits per heavy atom. The van der Waals surface area contributed by atoms with Crippen molar-refractivity contribution in [2.75, 3.05) is 42.7 Å². The van der Waals surface area contributed by atoms with Crippen molar-refractivity contribution in [2.45, 2.75) is 48.7 Å². The molecular weight excluding hydrogens is 608 g/mol. The minimum atomic E-state index is -2.05. The molecule has 6 fully saturated rings. The first-order valence-electron chi connectivity index (χ1n) is 16.4. The quantitative estimate of drug-likeness (QED) is 0.259. The van der Waals surface area contributed by atoms with Gasteiger partial charge in [0.15, 0.2) is 11.2 Å². The molecule has 2 aliphatic heterocycles. The van der Waals surface area contributed by atoms with Crippen LogP contribution in [0.15, 0.2) is 24.3 Å². The molecule has 0 unspecified atom stereocenters. The maximum atomic E-state index is 14.8. The molecule has 0 spiro atoms. The fraction of sp³-hybridized carbons (Fsp3) is 0.611. The summed E-state index contributed by atoms with van der Waals surface area (Å²) in [6.45, 7) is 0. The molecule has 5 aliphatic carbocycles. The van der Waals surface area contributed by atoms with Crippen LogP contribution in [0.25, 0.3) is 10.8 Å². The molecule has 2 heterocycles. The van der Waals surface area contributed by atoms with Gasteiger partial charge in [-0.1, -0.05) is 24.3 Å². The van der Waals surface area contributed by atoms with Crippen molar-refractivity contribution in [1.82, 2.24) is 0 Å². The van der Waals surface area contributed by atoms with Crippen LogP contribution in [-0.2, 0) is 42.9 Å². The van der Waals surface area contributed by atoms with E-state index in [-0.39, 0.29) is 11.8 Å². The van der Waals surface area contributed by atoms with Crippen molar-refractivity contribution in [3.05, 3.63) is 35.4 Å². The lowest BCUT2D eigenvalue weighted by molar-refractivity contribution is -0.284. The highest BCUT2D eigenvalue weighted by atomic mass is 16.6. The Morgan fingerprint density at radius 3 is 1.36 bits per heavy atom. The highest BCUT2D eigenvalue weighted by Gasteiger charge is 3.08. The van der Waals surface area contributed by atoms with Gasteiger partial charge in [0, 0.05) is 33.7 Å². The highest BCUT2D eigenvalue weighted by Crippen LogP contribution is 2.94. The number of methoxy groups -OCH3 is 6. The first kappa shape index (κ1) is 29.3. The molecule has 6 bridgehead atoms. The number of hydrogen-bond acceptors (Lipinski definition) is 11. The fourth-order valence-electron chi connectivity index (χ4n) is 13.6. The molecule has 0 radical (unpaired) electrons. The second kappa shape index (κ2) is 8.98. The van der Waals surface area contributed by atoms with Crippen LogP contribution < -0.4 is 9.47 Å². The molecular formula is C36H38O11. The second-order valence-corrected chi connectivity index (χ2v) is 14.5. The number of benzene rings is 2. The van der Waals surface area contributed by atoms with Gasteiger partial charge < -0.3 is 33.2 Å². The van der Waals surface area contributed by atoms with Crippen molar-refractivity contribution in [1.29, 1.82) is 0 Å². The first-order valence-corrected chi connectivity index (χ1v) is 16.4. The average molecular weight is 647 g/mol. The third-order valence-corrected chi connectivity index (χ3v) is 14.1. The van der Waals surface area contributed by atoms with Gasteiger partial charge in [0.1, 0.15) is 22.3 Å². The van der Waals surface area contributed by atoms with E-state index in [1.807, 2.05) is 24.3 Å². The zero-order chi connectivity index (χ0) is 33.0. The van der Waals surface area contributed by atoms with E-state index in [0.29, 0.717) is 17.9 Å². The van der Waals surface area contributed by atoms with Crippen molar-refractivity contribution in [2.24, 2.45) is 46.3 Å². The highest BCUT2D eigenvalue weighted by molar-refractivity contribution is 6.08. The summed E-state index contributed by atoms with van der Waals surface area (Å²) < 4.78 is 41.9. The summed E-state index contributed by atoms with van der Waals surface area (Å²) in [5.74, 6) is -4.95. The lowest BCUT2D eigenvalue weighted by Crippen LogP contribution is -2.87. The van der Waals surface area contributed by atoms with Crippen molar-refractivity contribution < 1.29 is 52.3 Å². The van der Waals surface area contributed by atoms with Crippen LogP contribution in [0.5, 0.6) is 11.5 Å². The summed E-state index contributed by atoms with van der Waals surface area (Å²) in [7, 11) is 8.26. The summed E-state index contributed by atoms with van der Waals surface area (Å²) in [4.78, 5) is 59.3. The van der Waals surface area contributed by atoms with E-state index < -0.39 is 81.4 Å². The van der Waals surface area contributed by atoms with Gasteiger partial charge in [0.05, 0.1) is 42.7 Å². The number of esters is 4. The van der Waals surface area contributed by atoms with Crippen LogP contribution in [0, 0.1) is 46.3 Å². The van der Waals surface area contributed by atoms with Gasteiger partial charge in [-0.05, 0) is 61.2 Å². The molecule has 0 aromatic heterocycles. The normalized spacial score (nSPS) is 43.4. The molecule has 11 nitrogen and oxygen atoms in total. The summed E-state index contributed by atoms with van der Waals surface area (Å²) in [6.07, 6.45) is 2.97. The molecule has 0 amide bonds. The van der Waals surface area contributed by atoms with E-state index >= 15 is 0 Å². The van der Waals surface area contributed by atoms with Gasteiger partial charge in [0.2, 0.25) is 0 Å². The second-order valence-electron chi connectivity index (χ2n) is 14.5. The number of carbonyl (C=O) groups is 4. The van der Waals surface area contributed by atoms with Gasteiger partial charge in [-0.15, -0.1) is 0 Å². The Bertz CT molecular complexity index is 1690. The Kier molecular flexibility index (Phi) is 5.59. The minimum Gasteiger partial charge on any atom is -0.496 e. The smallest absolute Gasteiger partial charge is 0.339 e. The Balaban J connectivity index is 1.44. The molecule has 0 N–H and O–H groups in total. The molecule has 2 aromatic carbocycles. The van der Waals surface area contributed by atoms with E-state index in [1.165, 1.54) is 28.4 Å².